The summed E-state index contributed by atoms with van der Waals surface area (Å²) in [4.78, 5) is 15.3. The second kappa shape index (κ2) is 5.09. The zero-order valence-electron chi connectivity index (χ0n) is 10.6. The topological polar surface area (TPSA) is 49.6 Å². The molecule has 3 rings (SSSR count). The van der Waals surface area contributed by atoms with E-state index in [-0.39, 0.29) is 10.6 Å². The molecule has 2 aliphatic heterocycles. The lowest BCUT2D eigenvalue weighted by atomic mass is 10.1. The summed E-state index contributed by atoms with van der Waals surface area (Å²) in [5, 5.41) is 10.8. The predicted octanol–water partition coefficient (Wildman–Crippen LogP) is 2.64. The van der Waals surface area contributed by atoms with Crippen LogP contribution in [0, 0.1) is 10.1 Å². The van der Waals surface area contributed by atoms with Crippen molar-refractivity contribution in [3.05, 3.63) is 32.8 Å². The summed E-state index contributed by atoms with van der Waals surface area (Å²) in [6, 6.07) is 5.96. The Labute approximate surface area is 120 Å². The first-order valence-electron chi connectivity index (χ1n) is 6.58. The van der Waals surface area contributed by atoms with Crippen LogP contribution in [0.3, 0.4) is 0 Å². The maximum absolute atomic E-state index is 10.8. The molecule has 0 bridgehead atoms. The van der Waals surface area contributed by atoms with Crippen LogP contribution in [-0.4, -0.2) is 42.0 Å². The monoisotopic (exact) mass is 325 g/mol. The van der Waals surface area contributed by atoms with Crippen LogP contribution in [-0.2, 0) is 0 Å². The predicted molar refractivity (Wildman–Crippen MR) is 77.6 cm³/mol. The Kier molecular flexibility index (Phi) is 3.45. The summed E-state index contributed by atoms with van der Waals surface area (Å²) in [5.74, 6) is 0. The van der Waals surface area contributed by atoms with Crippen molar-refractivity contribution in [3.8, 4) is 0 Å². The lowest BCUT2D eigenvalue weighted by Gasteiger charge is -2.38. The van der Waals surface area contributed by atoms with Crippen molar-refractivity contribution in [2.45, 2.75) is 18.9 Å². The van der Waals surface area contributed by atoms with E-state index in [1.807, 2.05) is 12.1 Å². The van der Waals surface area contributed by atoms with E-state index in [1.54, 1.807) is 6.07 Å². The molecule has 102 valence electrons. The first-order valence-corrected chi connectivity index (χ1v) is 7.37. The standard InChI is InChI=1S/C13H16BrN3O2/c14-12-8-10(3-4-13(12)17(18)19)16-7-6-15-5-1-2-11(15)9-16/h3-4,8,11H,1-2,5-7,9H2/t11-/m0/s1. The quantitative estimate of drug-likeness (QED) is 0.619. The minimum Gasteiger partial charge on any atom is -0.369 e. The fraction of sp³-hybridized carbons (Fsp3) is 0.538. The van der Waals surface area contributed by atoms with E-state index >= 15 is 0 Å². The molecule has 19 heavy (non-hydrogen) atoms. The third-order valence-electron chi connectivity index (χ3n) is 4.08. The molecule has 0 radical (unpaired) electrons. The first-order chi connectivity index (χ1) is 9.15. The van der Waals surface area contributed by atoms with E-state index < -0.39 is 0 Å². The van der Waals surface area contributed by atoms with Crippen molar-refractivity contribution in [1.82, 2.24) is 4.90 Å². The number of hydrogen-bond donors (Lipinski definition) is 0. The molecular formula is C13H16BrN3O2. The number of nitro benzene ring substituents is 1. The largest absolute Gasteiger partial charge is 0.369 e. The van der Waals surface area contributed by atoms with Crippen molar-refractivity contribution >= 4 is 27.3 Å². The molecule has 2 aliphatic rings. The molecule has 2 fully saturated rings. The van der Waals surface area contributed by atoms with Crippen LogP contribution in [0.4, 0.5) is 11.4 Å². The molecule has 0 amide bonds. The van der Waals surface area contributed by atoms with E-state index in [4.69, 9.17) is 0 Å². The van der Waals surface area contributed by atoms with Gasteiger partial charge in [0.15, 0.2) is 0 Å². The van der Waals surface area contributed by atoms with E-state index in [9.17, 15) is 10.1 Å². The summed E-state index contributed by atoms with van der Waals surface area (Å²) in [7, 11) is 0. The Morgan fingerprint density at radius 3 is 2.89 bits per heavy atom. The summed E-state index contributed by atoms with van der Waals surface area (Å²) < 4.78 is 0.559. The van der Waals surface area contributed by atoms with Gasteiger partial charge in [-0.15, -0.1) is 0 Å². The minimum absolute atomic E-state index is 0.128. The molecule has 1 atom stereocenters. The first kappa shape index (κ1) is 12.9. The van der Waals surface area contributed by atoms with Gasteiger partial charge in [-0.05, 0) is 47.4 Å². The lowest BCUT2D eigenvalue weighted by Crippen LogP contribution is -2.50. The van der Waals surface area contributed by atoms with E-state index in [0.717, 1.165) is 25.3 Å². The summed E-state index contributed by atoms with van der Waals surface area (Å²) in [5.41, 5.74) is 1.20. The minimum atomic E-state index is -0.358. The van der Waals surface area contributed by atoms with E-state index in [2.05, 4.69) is 25.7 Å². The van der Waals surface area contributed by atoms with Gasteiger partial charge in [0.25, 0.3) is 5.69 Å². The van der Waals surface area contributed by atoms with Crippen molar-refractivity contribution in [3.63, 3.8) is 0 Å². The van der Waals surface area contributed by atoms with E-state index in [0.29, 0.717) is 10.5 Å². The highest BCUT2D eigenvalue weighted by molar-refractivity contribution is 9.10. The van der Waals surface area contributed by atoms with Crippen molar-refractivity contribution < 1.29 is 4.92 Å². The summed E-state index contributed by atoms with van der Waals surface area (Å²) >= 11 is 3.29. The SMILES string of the molecule is O=[N+]([O-])c1ccc(N2CCN3CCC[C@H]3C2)cc1Br. The van der Waals surface area contributed by atoms with E-state index in [1.165, 1.54) is 19.4 Å². The molecule has 2 saturated heterocycles. The Hall–Kier alpha value is -1.14. The molecule has 0 aromatic heterocycles. The van der Waals surface area contributed by atoms with Crippen LogP contribution in [0.15, 0.2) is 22.7 Å². The van der Waals surface area contributed by atoms with Gasteiger partial charge < -0.3 is 4.90 Å². The van der Waals surface area contributed by atoms with Gasteiger partial charge >= 0.3 is 0 Å². The number of halogens is 1. The number of piperazine rings is 1. The Morgan fingerprint density at radius 2 is 2.16 bits per heavy atom. The van der Waals surface area contributed by atoms with Gasteiger partial charge in [0, 0.05) is 37.4 Å². The van der Waals surface area contributed by atoms with Crippen molar-refractivity contribution in [2.24, 2.45) is 0 Å². The molecule has 2 heterocycles. The van der Waals surface area contributed by atoms with Crippen molar-refractivity contribution in [1.29, 1.82) is 0 Å². The number of anilines is 1. The lowest BCUT2D eigenvalue weighted by molar-refractivity contribution is -0.385. The number of nitrogens with zero attached hydrogens (tertiary/aromatic N) is 3. The van der Waals surface area contributed by atoms with Crippen molar-refractivity contribution in [2.75, 3.05) is 31.1 Å². The van der Waals surface area contributed by atoms with Gasteiger partial charge in [-0.2, -0.15) is 0 Å². The van der Waals surface area contributed by atoms with Gasteiger partial charge in [-0.1, -0.05) is 0 Å². The van der Waals surface area contributed by atoms with Crippen LogP contribution in [0.2, 0.25) is 0 Å². The molecule has 0 saturated carbocycles. The average molecular weight is 326 g/mol. The number of hydrogen-bond acceptors (Lipinski definition) is 4. The van der Waals surface area contributed by atoms with Gasteiger partial charge in [0.2, 0.25) is 0 Å². The van der Waals surface area contributed by atoms with Crippen LogP contribution in [0.25, 0.3) is 0 Å². The Balaban J connectivity index is 1.79. The third-order valence-corrected chi connectivity index (χ3v) is 4.72. The molecule has 0 spiro atoms. The smallest absolute Gasteiger partial charge is 0.283 e. The molecular weight excluding hydrogens is 310 g/mol. The van der Waals surface area contributed by atoms with Crippen LogP contribution in [0.5, 0.6) is 0 Å². The van der Waals surface area contributed by atoms with Gasteiger partial charge in [0.1, 0.15) is 0 Å². The van der Waals surface area contributed by atoms with Gasteiger partial charge in [0.05, 0.1) is 9.40 Å². The second-order valence-corrected chi connectivity index (χ2v) is 6.03. The molecule has 1 aromatic carbocycles. The second-order valence-electron chi connectivity index (χ2n) is 5.17. The molecule has 0 N–H and O–H groups in total. The number of nitro groups is 1. The average Bonchev–Trinajstić information content (AvgIpc) is 2.85. The molecule has 5 nitrogen and oxygen atoms in total. The van der Waals surface area contributed by atoms with Gasteiger partial charge in [-0.3, -0.25) is 15.0 Å². The number of benzene rings is 1. The number of rotatable bonds is 2. The summed E-state index contributed by atoms with van der Waals surface area (Å²) in [6.45, 7) is 4.35. The highest BCUT2D eigenvalue weighted by Crippen LogP contribution is 2.31. The third kappa shape index (κ3) is 2.47. The zero-order valence-corrected chi connectivity index (χ0v) is 12.2. The maximum Gasteiger partial charge on any atom is 0.283 e. The summed E-state index contributed by atoms with van der Waals surface area (Å²) in [6.07, 6.45) is 2.56. The molecule has 0 unspecified atom stereocenters. The van der Waals surface area contributed by atoms with Crippen LogP contribution in [0.1, 0.15) is 12.8 Å². The fourth-order valence-corrected chi connectivity index (χ4v) is 3.58. The Bertz CT molecular complexity index is 509. The number of fused-ring (bicyclic) bond motifs is 1. The fourth-order valence-electron chi connectivity index (χ4n) is 3.07. The normalized spacial score (nSPS) is 23.4. The highest BCUT2D eigenvalue weighted by Gasteiger charge is 2.30. The van der Waals surface area contributed by atoms with Gasteiger partial charge in [-0.25, -0.2) is 0 Å². The highest BCUT2D eigenvalue weighted by atomic mass is 79.9. The van der Waals surface area contributed by atoms with Crippen LogP contribution >= 0.6 is 15.9 Å². The Morgan fingerprint density at radius 1 is 1.32 bits per heavy atom. The molecule has 6 heteroatoms. The van der Waals surface area contributed by atoms with Crippen LogP contribution < -0.4 is 4.90 Å². The maximum atomic E-state index is 10.8. The molecule has 0 aliphatic carbocycles. The zero-order chi connectivity index (χ0) is 13.4. The molecule has 1 aromatic rings.